The number of nitrogens with one attached hydrogen (secondary N) is 1. The number of benzene rings is 1. The molecule has 1 heterocycles. The lowest BCUT2D eigenvalue weighted by Gasteiger charge is -2.23. The normalized spacial score (nSPS) is 20.8. The predicted octanol–water partition coefficient (Wildman–Crippen LogP) is 3.97. The quantitative estimate of drug-likeness (QED) is 0.887. The molecule has 1 aliphatic rings. The molecule has 1 aliphatic heterocycles. The van der Waals surface area contributed by atoms with E-state index in [1.54, 1.807) is 6.07 Å². The van der Waals surface area contributed by atoms with Gasteiger partial charge < -0.3 is 10.1 Å². The van der Waals surface area contributed by atoms with Gasteiger partial charge >= 0.3 is 0 Å². The Morgan fingerprint density at radius 1 is 1.31 bits per heavy atom. The topological polar surface area (TPSA) is 21.3 Å². The van der Waals surface area contributed by atoms with E-state index in [0.717, 1.165) is 25.3 Å². The number of rotatable bonds is 3. The molecule has 88 valence electrons. The van der Waals surface area contributed by atoms with Gasteiger partial charge in [-0.15, -0.1) is 0 Å². The molecule has 1 aromatic rings. The Kier molecular flexibility index (Phi) is 4.33. The number of halogens is 2. The van der Waals surface area contributed by atoms with Crippen LogP contribution in [0.2, 0.25) is 10.0 Å². The number of hydrogen-bond acceptors (Lipinski definition) is 2. The van der Waals surface area contributed by atoms with Crippen molar-refractivity contribution in [3.05, 3.63) is 28.2 Å². The second-order valence-corrected chi connectivity index (χ2v) is 4.76. The molecule has 1 aromatic carbocycles. The van der Waals surface area contributed by atoms with Crippen LogP contribution in [0.15, 0.2) is 18.2 Å². The van der Waals surface area contributed by atoms with Crippen molar-refractivity contribution in [1.29, 1.82) is 0 Å². The first-order valence-corrected chi connectivity index (χ1v) is 6.32. The molecular weight excluding hydrogens is 245 g/mol. The molecule has 0 saturated carbocycles. The van der Waals surface area contributed by atoms with Gasteiger partial charge in [-0.2, -0.15) is 0 Å². The maximum absolute atomic E-state index is 6.08. The third-order valence-electron chi connectivity index (χ3n) is 2.75. The van der Waals surface area contributed by atoms with E-state index in [0.29, 0.717) is 16.1 Å². The van der Waals surface area contributed by atoms with E-state index < -0.39 is 0 Å². The minimum atomic E-state index is 0.295. The molecule has 1 unspecified atom stereocenters. The van der Waals surface area contributed by atoms with Gasteiger partial charge in [0.2, 0.25) is 0 Å². The Morgan fingerprint density at radius 2 is 2.19 bits per heavy atom. The monoisotopic (exact) mass is 259 g/mol. The van der Waals surface area contributed by atoms with E-state index >= 15 is 0 Å². The Bertz CT molecular complexity index is 351. The molecule has 16 heavy (non-hydrogen) atoms. The third kappa shape index (κ3) is 3.03. The summed E-state index contributed by atoms with van der Waals surface area (Å²) in [4.78, 5) is 0. The first-order valence-electron chi connectivity index (χ1n) is 5.57. The van der Waals surface area contributed by atoms with Gasteiger partial charge in [0.1, 0.15) is 0 Å². The summed E-state index contributed by atoms with van der Waals surface area (Å²) >= 11 is 12.0. The predicted molar refractivity (Wildman–Crippen MR) is 68.5 cm³/mol. The zero-order valence-corrected chi connectivity index (χ0v) is 10.5. The van der Waals surface area contributed by atoms with Crippen molar-refractivity contribution in [2.45, 2.75) is 25.4 Å². The van der Waals surface area contributed by atoms with Crippen LogP contribution in [0, 0.1) is 0 Å². The van der Waals surface area contributed by atoms with E-state index in [1.807, 2.05) is 12.1 Å². The molecule has 4 heteroatoms. The van der Waals surface area contributed by atoms with Gasteiger partial charge in [0, 0.05) is 13.2 Å². The number of hydrogen-bond donors (Lipinski definition) is 1. The molecule has 1 N–H and O–H groups in total. The standard InChI is InChI=1S/C12H15Cl2NO/c13-10-5-3-6-11(12(10)14)15-8-9-4-1-2-7-16-9/h3,5-6,9,15H,1-2,4,7-8H2. The molecule has 1 saturated heterocycles. The number of ether oxygens (including phenoxy) is 1. The number of anilines is 1. The molecule has 2 rings (SSSR count). The van der Waals surface area contributed by atoms with Crippen molar-refractivity contribution in [3.8, 4) is 0 Å². The summed E-state index contributed by atoms with van der Waals surface area (Å²) in [6, 6.07) is 5.60. The van der Waals surface area contributed by atoms with Crippen molar-refractivity contribution in [3.63, 3.8) is 0 Å². The lowest BCUT2D eigenvalue weighted by molar-refractivity contribution is 0.0247. The molecule has 0 aliphatic carbocycles. The summed E-state index contributed by atoms with van der Waals surface area (Å²) in [5, 5.41) is 4.45. The average molecular weight is 260 g/mol. The van der Waals surface area contributed by atoms with Crippen molar-refractivity contribution >= 4 is 28.9 Å². The van der Waals surface area contributed by atoms with Gasteiger partial charge in [-0.1, -0.05) is 29.3 Å². The average Bonchev–Trinajstić information content (AvgIpc) is 2.32. The lowest BCUT2D eigenvalue weighted by atomic mass is 10.1. The van der Waals surface area contributed by atoms with Crippen molar-refractivity contribution in [1.82, 2.24) is 0 Å². The second-order valence-electron chi connectivity index (χ2n) is 3.97. The third-order valence-corrected chi connectivity index (χ3v) is 3.56. The van der Waals surface area contributed by atoms with Crippen LogP contribution >= 0.6 is 23.2 Å². The summed E-state index contributed by atoms with van der Waals surface area (Å²) in [6.07, 6.45) is 3.83. The van der Waals surface area contributed by atoms with E-state index in [-0.39, 0.29) is 0 Å². The van der Waals surface area contributed by atoms with Gasteiger partial charge in [0.15, 0.2) is 0 Å². The fraction of sp³-hybridized carbons (Fsp3) is 0.500. The zero-order valence-electron chi connectivity index (χ0n) is 9.01. The van der Waals surface area contributed by atoms with Gasteiger partial charge in [-0.25, -0.2) is 0 Å². The maximum Gasteiger partial charge on any atom is 0.0823 e. The Hall–Kier alpha value is -0.440. The molecule has 0 spiro atoms. The second kappa shape index (κ2) is 5.76. The van der Waals surface area contributed by atoms with E-state index in [1.165, 1.54) is 12.8 Å². The fourth-order valence-electron chi connectivity index (χ4n) is 1.83. The van der Waals surface area contributed by atoms with Crippen LogP contribution in [0.25, 0.3) is 0 Å². The van der Waals surface area contributed by atoms with Gasteiger partial charge in [-0.3, -0.25) is 0 Å². The van der Waals surface area contributed by atoms with Crippen molar-refractivity contribution in [2.75, 3.05) is 18.5 Å². The SMILES string of the molecule is Clc1cccc(NCC2CCCCO2)c1Cl. The minimum absolute atomic E-state index is 0.295. The smallest absolute Gasteiger partial charge is 0.0823 e. The van der Waals surface area contributed by atoms with E-state index in [2.05, 4.69) is 5.32 Å². The van der Waals surface area contributed by atoms with E-state index in [9.17, 15) is 0 Å². The first-order chi connectivity index (χ1) is 7.77. The summed E-state index contributed by atoms with van der Waals surface area (Å²) < 4.78 is 5.63. The summed E-state index contributed by atoms with van der Waals surface area (Å²) in [7, 11) is 0. The highest BCUT2D eigenvalue weighted by Crippen LogP contribution is 2.29. The highest BCUT2D eigenvalue weighted by molar-refractivity contribution is 6.43. The highest BCUT2D eigenvalue weighted by atomic mass is 35.5. The molecule has 0 radical (unpaired) electrons. The minimum Gasteiger partial charge on any atom is -0.381 e. The molecule has 1 atom stereocenters. The lowest BCUT2D eigenvalue weighted by Crippen LogP contribution is -2.27. The zero-order chi connectivity index (χ0) is 11.4. The molecule has 0 aromatic heterocycles. The van der Waals surface area contributed by atoms with E-state index in [4.69, 9.17) is 27.9 Å². The van der Waals surface area contributed by atoms with Crippen LogP contribution in [0.3, 0.4) is 0 Å². The molecule has 1 fully saturated rings. The first kappa shape index (κ1) is 12.0. The summed E-state index contributed by atoms with van der Waals surface area (Å²) in [5.74, 6) is 0. The van der Waals surface area contributed by atoms with Crippen LogP contribution in [0.5, 0.6) is 0 Å². The van der Waals surface area contributed by atoms with Crippen LogP contribution < -0.4 is 5.32 Å². The molecule has 2 nitrogen and oxygen atoms in total. The molecule has 0 amide bonds. The Labute approximate surface area is 106 Å². The molecular formula is C12H15Cl2NO. The summed E-state index contributed by atoms with van der Waals surface area (Å²) in [5.41, 5.74) is 0.878. The van der Waals surface area contributed by atoms with Crippen LogP contribution in [-0.2, 0) is 4.74 Å². The highest BCUT2D eigenvalue weighted by Gasteiger charge is 2.14. The van der Waals surface area contributed by atoms with Crippen LogP contribution in [-0.4, -0.2) is 19.3 Å². The molecule has 0 bridgehead atoms. The van der Waals surface area contributed by atoms with Gasteiger partial charge in [0.25, 0.3) is 0 Å². The van der Waals surface area contributed by atoms with Crippen LogP contribution in [0.1, 0.15) is 19.3 Å². The van der Waals surface area contributed by atoms with Crippen molar-refractivity contribution in [2.24, 2.45) is 0 Å². The summed E-state index contributed by atoms with van der Waals surface area (Å²) in [6.45, 7) is 1.66. The Balaban J connectivity index is 1.91. The maximum atomic E-state index is 6.08. The van der Waals surface area contributed by atoms with Gasteiger partial charge in [-0.05, 0) is 31.4 Å². The van der Waals surface area contributed by atoms with Crippen molar-refractivity contribution < 1.29 is 4.74 Å². The van der Waals surface area contributed by atoms with Crippen LogP contribution in [0.4, 0.5) is 5.69 Å². The fourth-order valence-corrected chi connectivity index (χ4v) is 2.20. The Morgan fingerprint density at radius 3 is 2.94 bits per heavy atom. The van der Waals surface area contributed by atoms with Gasteiger partial charge in [0.05, 0.1) is 21.8 Å². The largest absolute Gasteiger partial charge is 0.381 e.